The number of fused-ring (bicyclic) bond motifs is 1. The van der Waals surface area contributed by atoms with Crippen LogP contribution in [0.3, 0.4) is 0 Å². The Morgan fingerprint density at radius 1 is 1.48 bits per heavy atom. The van der Waals surface area contributed by atoms with Crippen molar-refractivity contribution in [2.24, 2.45) is 0 Å². The van der Waals surface area contributed by atoms with E-state index >= 15 is 0 Å². The van der Waals surface area contributed by atoms with E-state index in [2.05, 4.69) is 10.3 Å². The van der Waals surface area contributed by atoms with E-state index in [1.807, 2.05) is 45.8 Å². The van der Waals surface area contributed by atoms with Crippen LogP contribution >= 0.6 is 11.3 Å². The Morgan fingerprint density at radius 2 is 2.14 bits per heavy atom. The van der Waals surface area contributed by atoms with Crippen LogP contribution < -0.4 is 11.1 Å². The summed E-state index contributed by atoms with van der Waals surface area (Å²) in [5.41, 5.74) is 8.52. The normalized spacial score (nSPS) is 12.9. The molecule has 0 saturated carbocycles. The number of thiophene rings is 1. The number of rotatable bonds is 4. The standard InChI is InChI=1S/C15H22N4OS/c1-8-6-11-12(10(3)17-8)13(16)14(21-11)15(20)18-9(2)7-19(4)5/h6,9H,7,16H2,1-5H3,(H,18,20). The van der Waals surface area contributed by atoms with Crippen molar-refractivity contribution < 1.29 is 4.79 Å². The van der Waals surface area contributed by atoms with Gasteiger partial charge in [-0.2, -0.15) is 0 Å². The summed E-state index contributed by atoms with van der Waals surface area (Å²) in [6.45, 7) is 6.64. The number of aromatic nitrogens is 1. The van der Waals surface area contributed by atoms with Crippen molar-refractivity contribution in [3.8, 4) is 0 Å². The molecule has 2 heterocycles. The molecule has 2 aromatic rings. The molecule has 5 nitrogen and oxygen atoms in total. The Kier molecular flexibility index (Phi) is 4.49. The molecule has 2 rings (SSSR count). The number of nitrogens with zero attached hydrogens (tertiary/aromatic N) is 2. The minimum Gasteiger partial charge on any atom is -0.397 e. The lowest BCUT2D eigenvalue weighted by atomic mass is 10.2. The minimum atomic E-state index is -0.111. The zero-order valence-electron chi connectivity index (χ0n) is 13.2. The summed E-state index contributed by atoms with van der Waals surface area (Å²) in [6.07, 6.45) is 0. The van der Waals surface area contributed by atoms with Gasteiger partial charge in [-0.3, -0.25) is 9.78 Å². The van der Waals surface area contributed by atoms with E-state index in [0.29, 0.717) is 10.6 Å². The largest absolute Gasteiger partial charge is 0.397 e. The fourth-order valence-electron chi connectivity index (χ4n) is 2.53. The Morgan fingerprint density at radius 3 is 2.76 bits per heavy atom. The summed E-state index contributed by atoms with van der Waals surface area (Å²) in [5, 5.41) is 3.89. The van der Waals surface area contributed by atoms with Gasteiger partial charge in [0.1, 0.15) is 4.88 Å². The number of nitrogens with one attached hydrogen (secondary N) is 1. The maximum absolute atomic E-state index is 12.4. The highest BCUT2D eigenvalue weighted by atomic mass is 32.1. The highest BCUT2D eigenvalue weighted by molar-refractivity contribution is 7.21. The van der Waals surface area contributed by atoms with E-state index in [0.717, 1.165) is 28.0 Å². The highest BCUT2D eigenvalue weighted by Gasteiger charge is 2.19. The molecule has 0 aliphatic rings. The smallest absolute Gasteiger partial charge is 0.263 e. The molecule has 0 bridgehead atoms. The van der Waals surface area contributed by atoms with Crippen LogP contribution in [0.25, 0.3) is 10.1 Å². The van der Waals surface area contributed by atoms with Crippen molar-refractivity contribution in [2.45, 2.75) is 26.8 Å². The third kappa shape index (κ3) is 3.33. The van der Waals surface area contributed by atoms with Gasteiger partial charge in [0.15, 0.2) is 0 Å². The number of anilines is 1. The van der Waals surface area contributed by atoms with Crippen molar-refractivity contribution in [2.75, 3.05) is 26.4 Å². The first-order valence-corrected chi connectivity index (χ1v) is 7.73. The summed E-state index contributed by atoms with van der Waals surface area (Å²) in [7, 11) is 3.96. The molecule has 0 aromatic carbocycles. The molecule has 21 heavy (non-hydrogen) atoms. The van der Waals surface area contributed by atoms with Crippen LogP contribution in [0.5, 0.6) is 0 Å². The Labute approximate surface area is 129 Å². The number of nitrogen functional groups attached to an aromatic ring is 1. The zero-order valence-corrected chi connectivity index (χ0v) is 14.0. The van der Waals surface area contributed by atoms with Crippen molar-refractivity contribution >= 4 is 33.0 Å². The lowest BCUT2D eigenvalue weighted by Gasteiger charge is -2.17. The monoisotopic (exact) mass is 306 g/mol. The van der Waals surface area contributed by atoms with E-state index in [1.165, 1.54) is 11.3 Å². The summed E-state index contributed by atoms with van der Waals surface area (Å²) < 4.78 is 1.02. The molecule has 1 atom stereocenters. The lowest BCUT2D eigenvalue weighted by Crippen LogP contribution is -2.39. The molecule has 114 valence electrons. The minimum absolute atomic E-state index is 0.0677. The van der Waals surface area contributed by atoms with Crippen LogP contribution in [-0.4, -0.2) is 42.5 Å². The predicted molar refractivity (Wildman–Crippen MR) is 89.0 cm³/mol. The van der Waals surface area contributed by atoms with Crippen molar-refractivity contribution in [1.29, 1.82) is 0 Å². The van der Waals surface area contributed by atoms with Gasteiger partial charge in [0.25, 0.3) is 5.91 Å². The second kappa shape index (κ2) is 5.99. The first-order chi connectivity index (χ1) is 9.79. The number of hydrogen-bond acceptors (Lipinski definition) is 5. The van der Waals surface area contributed by atoms with E-state index in [1.54, 1.807) is 0 Å². The Bertz CT molecular complexity index is 678. The van der Waals surface area contributed by atoms with Gasteiger partial charge in [-0.1, -0.05) is 0 Å². The molecule has 0 radical (unpaired) electrons. The molecule has 0 saturated heterocycles. The van der Waals surface area contributed by atoms with Crippen molar-refractivity contribution in [3.63, 3.8) is 0 Å². The van der Waals surface area contributed by atoms with Gasteiger partial charge >= 0.3 is 0 Å². The highest BCUT2D eigenvalue weighted by Crippen LogP contribution is 2.35. The first-order valence-electron chi connectivity index (χ1n) is 6.91. The topological polar surface area (TPSA) is 71.2 Å². The summed E-state index contributed by atoms with van der Waals surface area (Å²) in [6, 6.07) is 2.04. The van der Waals surface area contributed by atoms with Gasteiger partial charge in [0, 0.05) is 34.1 Å². The van der Waals surface area contributed by atoms with E-state index in [4.69, 9.17) is 5.73 Å². The van der Waals surface area contributed by atoms with Gasteiger partial charge in [0.2, 0.25) is 0 Å². The second-order valence-electron chi connectivity index (χ2n) is 5.70. The van der Waals surface area contributed by atoms with Gasteiger partial charge in [-0.15, -0.1) is 11.3 Å². The number of likely N-dealkylation sites (N-methyl/N-ethyl adjacent to an activating group) is 1. The number of carbonyl (C=O) groups is 1. The maximum Gasteiger partial charge on any atom is 0.263 e. The predicted octanol–water partition coefficient (Wildman–Crippen LogP) is 2.18. The molecule has 0 aliphatic carbocycles. The number of carbonyl (C=O) groups excluding carboxylic acids is 1. The fourth-order valence-corrected chi connectivity index (χ4v) is 3.70. The third-order valence-electron chi connectivity index (χ3n) is 3.24. The number of aryl methyl sites for hydroxylation is 2. The van der Waals surface area contributed by atoms with Crippen LogP contribution in [0.15, 0.2) is 6.07 Å². The third-order valence-corrected chi connectivity index (χ3v) is 4.39. The number of amides is 1. The SMILES string of the molecule is Cc1cc2sc(C(=O)NC(C)CN(C)C)c(N)c2c(C)n1. The van der Waals surface area contributed by atoms with Gasteiger partial charge in [-0.25, -0.2) is 0 Å². The molecule has 1 unspecified atom stereocenters. The molecule has 0 fully saturated rings. The number of nitrogens with two attached hydrogens (primary N) is 1. The van der Waals surface area contributed by atoms with Crippen molar-refractivity contribution in [1.82, 2.24) is 15.2 Å². The van der Waals surface area contributed by atoms with E-state index in [-0.39, 0.29) is 11.9 Å². The molecule has 2 aromatic heterocycles. The molecule has 1 amide bonds. The van der Waals surface area contributed by atoms with Crippen LogP contribution in [0.2, 0.25) is 0 Å². The van der Waals surface area contributed by atoms with Crippen LogP contribution in [-0.2, 0) is 0 Å². The average Bonchev–Trinajstić information content (AvgIpc) is 2.65. The first kappa shape index (κ1) is 15.7. The molecule has 0 spiro atoms. The number of pyridine rings is 1. The summed E-state index contributed by atoms with van der Waals surface area (Å²) in [4.78, 5) is 19.4. The second-order valence-corrected chi connectivity index (χ2v) is 6.76. The van der Waals surface area contributed by atoms with E-state index in [9.17, 15) is 4.79 Å². The van der Waals surface area contributed by atoms with Gasteiger partial charge in [0.05, 0.1) is 5.69 Å². The lowest BCUT2D eigenvalue weighted by molar-refractivity contribution is 0.0939. The molecule has 3 N–H and O–H groups in total. The van der Waals surface area contributed by atoms with Gasteiger partial charge in [-0.05, 0) is 40.9 Å². The molecule has 0 aliphatic heterocycles. The van der Waals surface area contributed by atoms with Crippen molar-refractivity contribution in [3.05, 3.63) is 22.3 Å². The number of hydrogen-bond donors (Lipinski definition) is 2. The zero-order chi connectivity index (χ0) is 15.7. The van der Waals surface area contributed by atoms with Crippen LogP contribution in [0.1, 0.15) is 28.0 Å². The fraction of sp³-hybridized carbons (Fsp3) is 0.467. The van der Waals surface area contributed by atoms with Crippen LogP contribution in [0.4, 0.5) is 5.69 Å². The average molecular weight is 306 g/mol. The van der Waals surface area contributed by atoms with Gasteiger partial charge < -0.3 is 16.0 Å². The summed E-state index contributed by atoms with van der Waals surface area (Å²) >= 11 is 1.43. The Balaban J connectivity index is 2.32. The quantitative estimate of drug-likeness (QED) is 0.908. The van der Waals surface area contributed by atoms with E-state index < -0.39 is 0 Å². The van der Waals surface area contributed by atoms with Crippen LogP contribution in [0, 0.1) is 13.8 Å². The Hall–Kier alpha value is -1.66. The summed E-state index contributed by atoms with van der Waals surface area (Å²) in [5.74, 6) is -0.111. The molecular weight excluding hydrogens is 284 g/mol. The molecule has 6 heteroatoms. The maximum atomic E-state index is 12.4. The molecular formula is C15H22N4OS.